The Morgan fingerprint density at radius 2 is 0.237 bits per heavy atom. The van der Waals surface area contributed by atoms with E-state index in [1.165, 1.54) is 234 Å². The summed E-state index contributed by atoms with van der Waals surface area (Å²) in [4.78, 5) is 5.13. The van der Waals surface area contributed by atoms with Crippen molar-refractivity contribution < 1.29 is 0 Å². The van der Waals surface area contributed by atoms with Crippen LogP contribution in [-0.2, 0) is 27.1 Å². The van der Waals surface area contributed by atoms with E-state index >= 15 is 0 Å². The predicted octanol–water partition coefficient (Wildman–Crippen LogP) is 33.7. The lowest BCUT2D eigenvalue weighted by molar-refractivity contribution is 0.791. The largest absolute Gasteiger partial charge is 0.310 e. The van der Waals surface area contributed by atoms with Gasteiger partial charge in [0.1, 0.15) is 0 Å². The Hall–Kier alpha value is -17.6. The molecular weight excluding hydrogens is 1670 g/mol. The number of rotatable bonds is 7. The minimum atomic E-state index is -0.497. The molecule has 22 aromatic carbocycles. The van der Waals surface area contributed by atoms with E-state index in [9.17, 15) is 0 Å². The second-order valence-corrected chi connectivity index (χ2v) is 39.1. The van der Waals surface area contributed by atoms with Gasteiger partial charge in [0.2, 0.25) is 0 Å². The highest BCUT2D eigenvalue weighted by Gasteiger charge is 2.58. The van der Waals surface area contributed by atoms with Crippen molar-refractivity contribution in [2.45, 2.75) is 27.1 Å². The van der Waals surface area contributed by atoms with Gasteiger partial charge in [-0.05, 0) is 295 Å². The Labute approximate surface area is 808 Å². The normalized spacial score (nSPS) is 14.8. The molecule has 0 atom stereocenters. The molecule has 0 bridgehead atoms. The molecule has 10 aliphatic carbocycles. The van der Waals surface area contributed by atoms with E-state index in [1.807, 2.05) is 0 Å². The molecule has 0 N–H and O–H groups in total. The molecule has 22 aromatic rings. The second-order valence-electron chi connectivity index (χ2n) is 39.1. The van der Waals surface area contributed by atoms with Gasteiger partial charge in [-0.3, -0.25) is 0 Å². The van der Waals surface area contributed by atoms with Gasteiger partial charge < -0.3 is 9.80 Å². The highest BCUT2D eigenvalue weighted by atomic mass is 15.2. The highest BCUT2D eigenvalue weighted by Crippen LogP contribution is 2.71. The number of fused-ring (bicyclic) bond motifs is 50. The standard InChI is InChI=1S/C75H45N.C62H39N/c1-10-28-61-49(19-1)50-20-2-11-29-62(50)73(61)67-34-16-7-25-55(67)58-40-37-46(43-70(58)73)76(47-38-41-59-56-26-8-17-35-68(56)74(71(59)44-47)63-30-12-3-21-51(63)52-22-4-13-31-64(52)74)48-39-42-60-57-27-9-18-36-69(57)75(72(60)45-48)65-32-14-5-23-53(65)54-24-6-15-33-66(54)75;1-2-18-40(19-3-1)43-20-10-17-33-60(43)63(41-34-36-50-48-25-8-15-31-56(48)61(58(50)38-41)52-27-11-4-21-44(52)45-22-5-12-28-53(45)61)42-35-37-51-49-26-9-16-32-57(49)62(59(51)39-42)54-29-13-6-23-46(54)47-24-7-14-30-55(47)62/h1-45H;1-39H. The molecule has 32 rings (SSSR count). The van der Waals surface area contributed by atoms with Gasteiger partial charge >= 0.3 is 0 Å². The van der Waals surface area contributed by atoms with E-state index < -0.39 is 27.1 Å². The fourth-order valence-electron chi connectivity index (χ4n) is 28.5. The Kier molecular flexibility index (Phi) is 15.6. The number of para-hydroxylation sites is 1. The van der Waals surface area contributed by atoms with Crippen molar-refractivity contribution in [3.8, 4) is 122 Å². The van der Waals surface area contributed by atoms with Gasteiger partial charge in [0.05, 0.1) is 32.8 Å². The molecule has 0 radical (unpaired) electrons. The fraction of sp³-hybridized carbons (Fsp3) is 0.0365. The molecule has 10 aliphatic rings. The molecule has 2 heteroatoms. The molecule has 0 heterocycles. The van der Waals surface area contributed by atoms with E-state index in [1.54, 1.807) is 0 Å². The summed E-state index contributed by atoms with van der Waals surface area (Å²) in [5, 5.41) is 0. The van der Waals surface area contributed by atoms with Crippen LogP contribution in [0.4, 0.5) is 34.1 Å². The van der Waals surface area contributed by atoms with Gasteiger partial charge in [-0.25, -0.2) is 0 Å². The van der Waals surface area contributed by atoms with Crippen LogP contribution in [0.3, 0.4) is 0 Å². The summed E-state index contributed by atoms with van der Waals surface area (Å²) in [6, 6.07) is 194. The lowest BCUT2D eigenvalue weighted by atomic mass is 9.70. The van der Waals surface area contributed by atoms with E-state index in [0.717, 1.165) is 34.1 Å². The summed E-state index contributed by atoms with van der Waals surface area (Å²) in [6.07, 6.45) is 0. The Bertz CT molecular complexity index is 8180. The summed E-state index contributed by atoms with van der Waals surface area (Å²) in [6.45, 7) is 0. The van der Waals surface area contributed by atoms with E-state index in [2.05, 4.69) is 519 Å². The van der Waals surface area contributed by atoms with Crippen LogP contribution in [0.15, 0.2) is 510 Å². The van der Waals surface area contributed by atoms with E-state index in [-0.39, 0.29) is 0 Å². The van der Waals surface area contributed by atoms with Crippen molar-refractivity contribution in [2.75, 3.05) is 9.80 Å². The Morgan fingerprint density at radius 3 is 0.417 bits per heavy atom. The zero-order valence-corrected chi connectivity index (χ0v) is 75.9. The topological polar surface area (TPSA) is 6.48 Å². The summed E-state index contributed by atoms with van der Waals surface area (Å²) < 4.78 is 0. The van der Waals surface area contributed by atoms with E-state index in [0.29, 0.717) is 0 Å². The quantitative estimate of drug-likeness (QED) is 0.157. The van der Waals surface area contributed by atoms with Crippen LogP contribution in [-0.4, -0.2) is 0 Å². The number of benzene rings is 22. The molecule has 0 amide bonds. The molecule has 0 saturated heterocycles. The van der Waals surface area contributed by atoms with Gasteiger partial charge in [-0.1, -0.05) is 443 Å². The first-order valence-corrected chi connectivity index (χ1v) is 48.9. The Balaban J connectivity index is 0.000000131. The lowest BCUT2D eigenvalue weighted by Gasteiger charge is -2.34. The summed E-state index contributed by atoms with van der Waals surface area (Å²) in [7, 11) is 0. The van der Waals surface area contributed by atoms with Crippen LogP contribution < -0.4 is 9.80 Å². The maximum atomic E-state index is 2.59. The minimum absolute atomic E-state index is 0.458. The molecule has 5 spiro atoms. The summed E-state index contributed by atoms with van der Waals surface area (Å²) >= 11 is 0. The Morgan fingerprint density at radius 1 is 0.101 bits per heavy atom. The zero-order chi connectivity index (χ0) is 90.8. The lowest BCUT2D eigenvalue weighted by Crippen LogP contribution is -2.27. The van der Waals surface area contributed by atoms with Gasteiger partial charge in [0, 0.05) is 34.0 Å². The van der Waals surface area contributed by atoms with Crippen molar-refractivity contribution in [1.82, 2.24) is 0 Å². The number of hydrogen-bond acceptors (Lipinski definition) is 2. The summed E-state index contributed by atoms with van der Waals surface area (Å²) in [5.41, 5.74) is 59.6. The molecule has 139 heavy (non-hydrogen) atoms. The average molecular weight is 1760 g/mol. The maximum absolute atomic E-state index is 2.59. The van der Waals surface area contributed by atoms with Gasteiger partial charge in [0.25, 0.3) is 0 Å². The maximum Gasteiger partial charge on any atom is 0.0726 e. The van der Waals surface area contributed by atoms with Crippen LogP contribution >= 0.6 is 0 Å². The minimum Gasteiger partial charge on any atom is -0.310 e. The van der Waals surface area contributed by atoms with Crippen molar-refractivity contribution in [3.05, 3.63) is 621 Å². The van der Waals surface area contributed by atoms with Crippen LogP contribution in [0.5, 0.6) is 0 Å². The number of hydrogen-bond donors (Lipinski definition) is 0. The molecule has 0 unspecified atom stereocenters. The highest BCUT2D eigenvalue weighted by molar-refractivity contribution is 6.05. The molecule has 0 aliphatic heterocycles. The number of anilines is 6. The molecular formula is C137H84N2. The first-order valence-electron chi connectivity index (χ1n) is 48.9. The van der Waals surface area contributed by atoms with Crippen LogP contribution in [0.1, 0.15) is 111 Å². The van der Waals surface area contributed by atoms with Crippen molar-refractivity contribution >= 4 is 34.1 Å². The van der Waals surface area contributed by atoms with Gasteiger partial charge in [-0.15, -0.1) is 0 Å². The monoisotopic (exact) mass is 1760 g/mol. The third kappa shape index (κ3) is 9.60. The second kappa shape index (κ2) is 28.3. The fourth-order valence-corrected chi connectivity index (χ4v) is 28.5. The smallest absolute Gasteiger partial charge is 0.0726 e. The van der Waals surface area contributed by atoms with Gasteiger partial charge in [-0.2, -0.15) is 0 Å². The zero-order valence-electron chi connectivity index (χ0n) is 75.9. The van der Waals surface area contributed by atoms with Crippen molar-refractivity contribution in [2.24, 2.45) is 0 Å². The van der Waals surface area contributed by atoms with Crippen LogP contribution in [0.2, 0.25) is 0 Å². The first-order chi connectivity index (χ1) is 69.0. The molecule has 0 aromatic heterocycles. The molecule has 2 nitrogen and oxygen atoms in total. The van der Waals surface area contributed by atoms with Crippen LogP contribution in [0, 0.1) is 0 Å². The van der Waals surface area contributed by atoms with Gasteiger partial charge in [0.15, 0.2) is 0 Å². The van der Waals surface area contributed by atoms with E-state index in [4.69, 9.17) is 0 Å². The third-order valence-electron chi connectivity index (χ3n) is 33.4. The molecule has 642 valence electrons. The average Bonchev–Trinajstić information content (AvgIpc) is 1.53. The summed E-state index contributed by atoms with van der Waals surface area (Å²) in [5.74, 6) is 0. The first kappa shape index (κ1) is 76.8. The van der Waals surface area contributed by atoms with Crippen molar-refractivity contribution in [1.29, 1.82) is 0 Å². The number of nitrogens with zero attached hydrogens (tertiary/aromatic N) is 2. The SMILES string of the molecule is c1ccc(-c2ccccc2N(c2ccc3c(c2)C2(c4ccccc4-c4ccccc42)c2ccccc2-3)c2ccc3c(c2)C2(c4ccccc4-c4ccccc42)c2ccccc2-3)cc1.c1ccc2c(c1)-c1ccccc1C21c2ccccc2-c2ccc(N(c3ccc4c(c3)C3(c5ccccc5-c5ccccc53)c3ccccc3-4)c3ccc4c(c3)C3(c5ccccc5-c5ccccc53)c3ccccc3-4)cc21. The predicted molar refractivity (Wildman–Crippen MR) is 569 cm³/mol. The third-order valence-corrected chi connectivity index (χ3v) is 33.4. The molecule has 0 saturated carbocycles. The molecule has 0 fully saturated rings. The van der Waals surface area contributed by atoms with Crippen LogP contribution in [0.25, 0.3) is 122 Å². The van der Waals surface area contributed by atoms with Crippen molar-refractivity contribution in [3.63, 3.8) is 0 Å².